The van der Waals surface area contributed by atoms with Crippen LogP contribution in [0.25, 0.3) is 0 Å². The van der Waals surface area contributed by atoms with Crippen molar-refractivity contribution >= 4 is 17.3 Å². The van der Waals surface area contributed by atoms with Crippen LogP contribution in [0, 0.1) is 6.92 Å². The van der Waals surface area contributed by atoms with Gasteiger partial charge in [-0.05, 0) is 37.9 Å². The number of hydrogen-bond donors (Lipinski definition) is 1. The Morgan fingerprint density at radius 1 is 1.53 bits per heavy atom. The molecule has 2 aromatic heterocycles. The molecule has 0 unspecified atom stereocenters. The highest BCUT2D eigenvalue weighted by atomic mass is 32.1. The zero-order valence-corrected chi connectivity index (χ0v) is 11.9. The van der Waals surface area contributed by atoms with Gasteiger partial charge in [-0.3, -0.25) is 4.90 Å². The van der Waals surface area contributed by atoms with Gasteiger partial charge in [0.25, 0.3) is 0 Å². The monoisotopic (exact) mass is 279 g/mol. The maximum atomic E-state index is 10.9. The van der Waals surface area contributed by atoms with Crippen LogP contribution in [0.5, 0.6) is 0 Å². The second-order valence-electron chi connectivity index (χ2n) is 4.60. The largest absolute Gasteiger partial charge is 0.475 e. The van der Waals surface area contributed by atoms with Crippen molar-refractivity contribution in [1.29, 1.82) is 0 Å². The van der Waals surface area contributed by atoms with Crippen molar-refractivity contribution in [2.24, 2.45) is 0 Å². The number of aryl methyl sites for hydroxylation is 1. The summed E-state index contributed by atoms with van der Waals surface area (Å²) >= 11 is 1.75. The number of carboxylic acid groups (broad SMARTS) is 1. The zero-order chi connectivity index (χ0) is 13.8. The number of carbonyl (C=O) groups is 1. The second kappa shape index (κ2) is 6.04. The summed E-state index contributed by atoms with van der Waals surface area (Å²) in [6.07, 6.45) is 1.000. The summed E-state index contributed by atoms with van der Waals surface area (Å²) in [5, 5.41) is 11.0. The normalized spacial score (nSPS) is 11.1. The van der Waals surface area contributed by atoms with Crippen molar-refractivity contribution < 1.29 is 14.3 Å². The van der Waals surface area contributed by atoms with E-state index >= 15 is 0 Å². The van der Waals surface area contributed by atoms with Gasteiger partial charge in [-0.2, -0.15) is 0 Å². The van der Waals surface area contributed by atoms with Crippen LogP contribution in [-0.4, -0.2) is 29.6 Å². The summed E-state index contributed by atoms with van der Waals surface area (Å²) in [7, 11) is 2.01. The average molecular weight is 279 g/mol. The summed E-state index contributed by atoms with van der Waals surface area (Å²) in [6.45, 7) is 3.30. The van der Waals surface area contributed by atoms with Crippen LogP contribution >= 0.6 is 11.3 Å². The summed E-state index contributed by atoms with van der Waals surface area (Å²) in [6, 6.07) is 5.97. The van der Waals surface area contributed by atoms with E-state index in [9.17, 15) is 4.79 Å². The third-order valence-electron chi connectivity index (χ3n) is 2.91. The fraction of sp³-hybridized carbons (Fsp3) is 0.357. The van der Waals surface area contributed by atoms with Gasteiger partial charge in [-0.25, -0.2) is 4.79 Å². The molecule has 4 nitrogen and oxygen atoms in total. The predicted molar refractivity (Wildman–Crippen MR) is 74.8 cm³/mol. The topological polar surface area (TPSA) is 53.7 Å². The van der Waals surface area contributed by atoms with Gasteiger partial charge < -0.3 is 9.52 Å². The summed E-state index contributed by atoms with van der Waals surface area (Å²) in [5.41, 5.74) is 0.675. The summed E-state index contributed by atoms with van der Waals surface area (Å²) in [4.78, 5) is 14.4. The molecule has 0 saturated heterocycles. The summed E-state index contributed by atoms with van der Waals surface area (Å²) < 4.78 is 5.34. The van der Waals surface area contributed by atoms with Gasteiger partial charge in [-0.1, -0.05) is 6.07 Å². The Morgan fingerprint density at radius 2 is 2.32 bits per heavy atom. The Labute approximate surface area is 116 Å². The number of rotatable bonds is 6. The van der Waals surface area contributed by atoms with E-state index in [-0.39, 0.29) is 5.76 Å². The fourth-order valence-electron chi connectivity index (χ4n) is 1.94. The molecule has 0 aliphatic rings. The number of carboxylic acids is 1. The predicted octanol–water partition coefficient (Wildman–Crippen LogP) is 3.02. The number of aromatic carboxylic acids is 1. The van der Waals surface area contributed by atoms with Crippen molar-refractivity contribution in [1.82, 2.24) is 4.90 Å². The maximum absolute atomic E-state index is 10.9. The van der Waals surface area contributed by atoms with E-state index in [0.29, 0.717) is 17.9 Å². The van der Waals surface area contributed by atoms with E-state index < -0.39 is 5.97 Å². The van der Waals surface area contributed by atoms with Crippen LogP contribution in [0.15, 0.2) is 28.0 Å². The number of hydrogen-bond acceptors (Lipinski definition) is 4. The molecule has 0 radical (unpaired) electrons. The van der Waals surface area contributed by atoms with E-state index in [0.717, 1.165) is 13.0 Å². The van der Waals surface area contributed by atoms with E-state index in [4.69, 9.17) is 9.52 Å². The number of nitrogens with zero attached hydrogens (tertiary/aromatic N) is 1. The van der Waals surface area contributed by atoms with E-state index in [1.54, 1.807) is 24.3 Å². The Morgan fingerprint density at radius 3 is 2.89 bits per heavy atom. The first-order valence-electron chi connectivity index (χ1n) is 6.10. The Hall–Kier alpha value is -1.59. The quantitative estimate of drug-likeness (QED) is 0.883. The van der Waals surface area contributed by atoms with Gasteiger partial charge in [0, 0.05) is 17.0 Å². The smallest absolute Gasteiger partial charge is 0.372 e. The molecule has 0 bridgehead atoms. The SMILES string of the molecule is Cc1cc(CN(C)CCc2cccs2)oc1C(=O)O. The van der Waals surface area contributed by atoms with Crippen molar-refractivity contribution in [2.75, 3.05) is 13.6 Å². The molecule has 0 saturated carbocycles. The zero-order valence-electron chi connectivity index (χ0n) is 11.0. The molecule has 5 heteroatoms. The van der Waals surface area contributed by atoms with Gasteiger partial charge in [0.05, 0.1) is 6.54 Å². The molecule has 102 valence electrons. The van der Waals surface area contributed by atoms with Crippen LogP contribution in [0.2, 0.25) is 0 Å². The van der Waals surface area contributed by atoms with Gasteiger partial charge in [0.15, 0.2) is 0 Å². The standard InChI is InChI=1S/C14H17NO3S/c1-10-8-11(18-13(10)14(16)17)9-15(2)6-5-12-4-3-7-19-12/h3-4,7-8H,5-6,9H2,1-2H3,(H,16,17). The summed E-state index contributed by atoms with van der Waals surface area (Å²) in [5.74, 6) is -0.268. The minimum atomic E-state index is -1.01. The highest BCUT2D eigenvalue weighted by Gasteiger charge is 2.15. The van der Waals surface area contributed by atoms with Crippen molar-refractivity contribution in [3.05, 3.63) is 45.5 Å². The first kappa shape index (κ1) is 13.8. The molecule has 2 heterocycles. The molecule has 0 amide bonds. The van der Waals surface area contributed by atoms with Gasteiger partial charge >= 0.3 is 5.97 Å². The number of furan rings is 1. The fourth-order valence-corrected chi connectivity index (χ4v) is 2.64. The van der Waals surface area contributed by atoms with Crippen LogP contribution in [-0.2, 0) is 13.0 Å². The van der Waals surface area contributed by atoms with E-state index in [1.165, 1.54) is 4.88 Å². The molecule has 0 fully saturated rings. The molecule has 19 heavy (non-hydrogen) atoms. The first-order valence-corrected chi connectivity index (χ1v) is 6.97. The first-order chi connectivity index (χ1) is 9.06. The molecule has 2 aromatic rings. The maximum Gasteiger partial charge on any atom is 0.372 e. The second-order valence-corrected chi connectivity index (χ2v) is 5.63. The molecule has 1 N–H and O–H groups in total. The molecule has 2 rings (SSSR count). The molecule has 0 aromatic carbocycles. The van der Waals surface area contributed by atoms with E-state index in [2.05, 4.69) is 22.4 Å². The van der Waals surface area contributed by atoms with Gasteiger partial charge in [0.2, 0.25) is 5.76 Å². The molecule has 0 aliphatic carbocycles. The Bertz CT molecular complexity index is 545. The van der Waals surface area contributed by atoms with Crippen LogP contribution in [0.1, 0.15) is 26.8 Å². The lowest BCUT2D eigenvalue weighted by molar-refractivity contribution is 0.0657. The highest BCUT2D eigenvalue weighted by Crippen LogP contribution is 2.16. The Balaban J connectivity index is 1.89. The van der Waals surface area contributed by atoms with Crippen LogP contribution in [0.4, 0.5) is 0 Å². The molecule has 0 spiro atoms. The molecular formula is C14H17NO3S. The third kappa shape index (κ3) is 3.68. The van der Waals surface area contributed by atoms with Gasteiger partial charge in [0.1, 0.15) is 5.76 Å². The third-order valence-corrected chi connectivity index (χ3v) is 3.85. The van der Waals surface area contributed by atoms with Crippen molar-refractivity contribution in [3.8, 4) is 0 Å². The number of thiophene rings is 1. The molecule has 0 aliphatic heterocycles. The van der Waals surface area contributed by atoms with Crippen LogP contribution < -0.4 is 0 Å². The lowest BCUT2D eigenvalue weighted by Crippen LogP contribution is -2.20. The average Bonchev–Trinajstić information content (AvgIpc) is 2.96. The van der Waals surface area contributed by atoms with E-state index in [1.807, 2.05) is 7.05 Å². The molecular weight excluding hydrogens is 262 g/mol. The van der Waals surface area contributed by atoms with Crippen molar-refractivity contribution in [2.45, 2.75) is 19.9 Å². The van der Waals surface area contributed by atoms with Crippen LogP contribution in [0.3, 0.4) is 0 Å². The molecule has 0 atom stereocenters. The van der Waals surface area contributed by atoms with Gasteiger partial charge in [-0.15, -0.1) is 11.3 Å². The number of likely N-dealkylation sites (N-methyl/N-ethyl adjacent to an activating group) is 1. The van der Waals surface area contributed by atoms with Crippen molar-refractivity contribution in [3.63, 3.8) is 0 Å². The highest BCUT2D eigenvalue weighted by molar-refractivity contribution is 7.09. The minimum Gasteiger partial charge on any atom is -0.475 e. The minimum absolute atomic E-state index is 0.0432. The lowest BCUT2D eigenvalue weighted by atomic mass is 10.2. The Kier molecular flexibility index (Phi) is 4.39. The lowest BCUT2D eigenvalue weighted by Gasteiger charge is -2.14.